The molecule has 2 aromatic heterocycles. The molecule has 1 aliphatic rings. The van der Waals surface area contributed by atoms with Gasteiger partial charge in [-0.2, -0.15) is 5.10 Å². The topological polar surface area (TPSA) is 77.3 Å². The van der Waals surface area contributed by atoms with Crippen LogP contribution in [0.1, 0.15) is 51.1 Å². The van der Waals surface area contributed by atoms with Crippen molar-refractivity contribution in [1.29, 1.82) is 0 Å². The Labute approximate surface area is 181 Å². The molecular formula is C24H26N4O3. The summed E-state index contributed by atoms with van der Waals surface area (Å²) in [6, 6.07) is 15.6. The molecule has 0 unspecified atom stereocenters. The summed E-state index contributed by atoms with van der Waals surface area (Å²) >= 11 is 0. The van der Waals surface area contributed by atoms with E-state index in [1.165, 1.54) is 5.56 Å². The van der Waals surface area contributed by atoms with Crippen molar-refractivity contribution in [2.45, 2.75) is 39.3 Å². The van der Waals surface area contributed by atoms with Crippen LogP contribution in [0.25, 0.3) is 0 Å². The van der Waals surface area contributed by atoms with Crippen molar-refractivity contribution in [3.8, 4) is 0 Å². The Kier molecular flexibility index (Phi) is 6.40. The van der Waals surface area contributed by atoms with E-state index < -0.39 is 5.97 Å². The van der Waals surface area contributed by atoms with Gasteiger partial charge in [0.1, 0.15) is 5.69 Å². The van der Waals surface area contributed by atoms with Crippen LogP contribution in [0, 0.1) is 0 Å². The summed E-state index contributed by atoms with van der Waals surface area (Å²) in [5.41, 5.74) is 3.80. The van der Waals surface area contributed by atoms with E-state index in [2.05, 4.69) is 22.2 Å². The van der Waals surface area contributed by atoms with Gasteiger partial charge < -0.3 is 9.64 Å². The highest BCUT2D eigenvalue weighted by molar-refractivity contribution is 5.93. The number of benzene rings is 1. The maximum atomic E-state index is 12.9. The van der Waals surface area contributed by atoms with Gasteiger partial charge in [-0.1, -0.05) is 36.4 Å². The Morgan fingerprint density at radius 2 is 1.90 bits per heavy atom. The van der Waals surface area contributed by atoms with E-state index in [9.17, 15) is 9.59 Å². The van der Waals surface area contributed by atoms with Gasteiger partial charge >= 0.3 is 5.97 Å². The summed E-state index contributed by atoms with van der Waals surface area (Å²) in [7, 11) is 0. The lowest BCUT2D eigenvalue weighted by Gasteiger charge is -2.27. The number of rotatable bonds is 7. The molecule has 0 spiro atoms. The molecule has 0 saturated heterocycles. The molecule has 1 amide bonds. The fraction of sp³-hybridized carbons (Fsp3) is 0.333. The fourth-order valence-corrected chi connectivity index (χ4v) is 3.94. The predicted molar refractivity (Wildman–Crippen MR) is 116 cm³/mol. The molecule has 7 heteroatoms. The number of aryl methyl sites for hydroxylation is 2. The second-order valence-corrected chi connectivity index (χ2v) is 7.50. The van der Waals surface area contributed by atoms with Gasteiger partial charge in [-0.15, -0.1) is 0 Å². The molecule has 31 heavy (non-hydrogen) atoms. The van der Waals surface area contributed by atoms with Crippen molar-refractivity contribution in [3.05, 3.63) is 82.9 Å². The number of hydrogen-bond donors (Lipinski definition) is 0. The van der Waals surface area contributed by atoms with Crippen molar-refractivity contribution in [2.24, 2.45) is 0 Å². The minimum atomic E-state index is -0.437. The number of pyridine rings is 1. The van der Waals surface area contributed by atoms with Crippen molar-refractivity contribution < 1.29 is 14.3 Å². The number of nitrogens with zero attached hydrogens (tertiary/aromatic N) is 4. The second kappa shape index (κ2) is 9.55. The summed E-state index contributed by atoms with van der Waals surface area (Å²) in [6.07, 6.45) is 4.11. The van der Waals surface area contributed by atoms with Crippen LogP contribution < -0.4 is 0 Å². The number of ether oxygens (including phenoxy) is 1. The largest absolute Gasteiger partial charge is 0.461 e. The second-order valence-electron chi connectivity index (χ2n) is 7.50. The summed E-state index contributed by atoms with van der Waals surface area (Å²) in [6.45, 7) is 3.67. The number of esters is 1. The normalized spacial score (nSPS) is 13.0. The number of fused-ring (bicyclic) bond motifs is 1. The number of hydrogen-bond acceptors (Lipinski definition) is 5. The van der Waals surface area contributed by atoms with Crippen LogP contribution in [0.2, 0.25) is 0 Å². The highest BCUT2D eigenvalue weighted by Crippen LogP contribution is 2.25. The number of aromatic nitrogens is 3. The maximum absolute atomic E-state index is 12.9. The van der Waals surface area contributed by atoms with E-state index in [4.69, 9.17) is 4.74 Å². The maximum Gasteiger partial charge on any atom is 0.359 e. The highest BCUT2D eigenvalue weighted by atomic mass is 16.5. The lowest BCUT2D eigenvalue weighted by molar-refractivity contribution is 0.0513. The third-order valence-corrected chi connectivity index (χ3v) is 5.45. The zero-order valence-corrected chi connectivity index (χ0v) is 17.7. The first-order valence-corrected chi connectivity index (χ1v) is 10.7. The molecule has 1 aliphatic heterocycles. The van der Waals surface area contributed by atoms with Crippen LogP contribution in [-0.4, -0.2) is 44.7 Å². The number of carbonyl (C=O) groups is 2. The Bertz CT molecular complexity index is 1050. The Hall–Kier alpha value is -3.48. The molecule has 4 rings (SSSR count). The van der Waals surface area contributed by atoms with E-state index in [1.54, 1.807) is 36.2 Å². The summed E-state index contributed by atoms with van der Waals surface area (Å²) < 4.78 is 7.15. The number of amides is 1. The zero-order chi connectivity index (χ0) is 21.6. The molecule has 0 radical (unpaired) electrons. The predicted octanol–water partition coefficient (Wildman–Crippen LogP) is 3.29. The molecule has 0 bridgehead atoms. The molecule has 0 saturated carbocycles. The summed E-state index contributed by atoms with van der Waals surface area (Å²) in [5, 5.41) is 4.60. The van der Waals surface area contributed by atoms with E-state index in [-0.39, 0.29) is 12.5 Å². The lowest BCUT2D eigenvalue weighted by atomic mass is 10.0. The van der Waals surface area contributed by atoms with Crippen LogP contribution >= 0.6 is 0 Å². The highest BCUT2D eigenvalue weighted by Gasteiger charge is 2.31. The van der Waals surface area contributed by atoms with Gasteiger partial charge in [0.15, 0.2) is 5.69 Å². The first kappa shape index (κ1) is 20.8. The van der Waals surface area contributed by atoms with Crippen LogP contribution in [0.3, 0.4) is 0 Å². The smallest absolute Gasteiger partial charge is 0.359 e. The Morgan fingerprint density at radius 1 is 1.10 bits per heavy atom. The lowest BCUT2D eigenvalue weighted by Crippen LogP contribution is -2.37. The number of carbonyl (C=O) groups excluding carboxylic acids is 2. The average molecular weight is 418 g/mol. The molecule has 0 atom stereocenters. The van der Waals surface area contributed by atoms with Crippen molar-refractivity contribution in [2.75, 3.05) is 13.2 Å². The van der Waals surface area contributed by atoms with E-state index >= 15 is 0 Å². The molecule has 3 heterocycles. The van der Waals surface area contributed by atoms with Crippen molar-refractivity contribution >= 4 is 11.9 Å². The standard InChI is InChI=1S/C24H26N4O3/c1-2-31-24(30)22-19-17-27(23(29)20-12-6-7-14-25-20)16-13-21(19)28(26-22)15-8-11-18-9-4-3-5-10-18/h3-7,9-10,12,14H,2,8,11,13,15-17H2,1H3. The van der Waals surface area contributed by atoms with Gasteiger partial charge in [0.05, 0.1) is 13.2 Å². The molecule has 1 aromatic carbocycles. The summed E-state index contributed by atoms with van der Waals surface area (Å²) in [5.74, 6) is -0.578. The van der Waals surface area contributed by atoms with E-state index in [0.29, 0.717) is 37.4 Å². The van der Waals surface area contributed by atoms with E-state index in [1.807, 2.05) is 22.9 Å². The van der Waals surface area contributed by atoms with Crippen molar-refractivity contribution in [3.63, 3.8) is 0 Å². The zero-order valence-electron chi connectivity index (χ0n) is 17.7. The van der Waals surface area contributed by atoms with Crippen molar-refractivity contribution in [1.82, 2.24) is 19.7 Å². The Balaban J connectivity index is 1.54. The van der Waals surface area contributed by atoms with Gasteiger partial charge in [0.2, 0.25) is 0 Å². The van der Waals surface area contributed by atoms with Gasteiger partial charge in [-0.25, -0.2) is 4.79 Å². The molecule has 160 valence electrons. The average Bonchev–Trinajstić information content (AvgIpc) is 3.18. The monoisotopic (exact) mass is 418 g/mol. The fourth-order valence-electron chi connectivity index (χ4n) is 3.94. The van der Waals surface area contributed by atoms with Gasteiger partial charge in [0.25, 0.3) is 5.91 Å². The third kappa shape index (κ3) is 4.66. The first-order chi connectivity index (χ1) is 15.2. The molecule has 7 nitrogen and oxygen atoms in total. The van der Waals surface area contributed by atoms with Crippen LogP contribution in [0.5, 0.6) is 0 Å². The van der Waals surface area contributed by atoms with Crippen LogP contribution in [-0.2, 0) is 30.7 Å². The minimum absolute atomic E-state index is 0.141. The SMILES string of the molecule is CCOC(=O)c1nn(CCCc2ccccc2)c2c1CN(C(=O)c1ccccn1)CC2. The molecule has 0 fully saturated rings. The van der Waals surface area contributed by atoms with Gasteiger partial charge in [0, 0.05) is 37.0 Å². The molecular weight excluding hydrogens is 392 g/mol. The first-order valence-electron chi connectivity index (χ1n) is 10.7. The van der Waals surface area contributed by atoms with Crippen LogP contribution in [0.4, 0.5) is 0 Å². The molecule has 3 aromatic rings. The van der Waals surface area contributed by atoms with Gasteiger partial charge in [-0.05, 0) is 37.5 Å². The Morgan fingerprint density at radius 3 is 2.65 bits per heavy atom. The quantitative estimate of drug-likeness (QED) is 0.550. The molecule has 0 aliphatic carbocycles. The minimum Gasteiger partial charge on any atom is -0.461 e. The third-order valence-electron chi connectivity index (χ3n) is 5.45. The van der Waals surface area contributed by atoms with Gasteiger partial charge in [-0.3, -0.25) is 14.5 Å². The summed E-state index contributed by atoms with van der Waals surface area (Å²) in [4.78, 5) is 31.3. The van der Waals surface area contributed by atoms with Crippen LogP contribution in [0.15, 0.2) is 54.7 Å². The molecule has 0 N–H and O–H groups in total. The van der Waals surface area contributed by atoms with E-state index in [0.717, 1.165) is 24.1 Å².